The SMILES string of the molecule is CC(CC(=O)Nc1ccc(Br)nc1)c1ccc(N)cc1. The predicted octanol–water partition coefficient (Wildman–Crippen LogP) is 3.56. The van der Waals surface area contributed by atoms with Gasteiger partial charge >= 0.3 is 0 Å². The molecule has 0 aliphatic rings. The van der Waals surface area contributed by atoms with Gasteiger partial charge in [0, 0.05) is 12.1 Å². The zero-order valence-electron chi connectivity index (χ0n) is 11.1. The average Bonchev–Trinajstić information content (AvgIpc) is 2.42. The Morgan fingerprint density at radius 1 is 1.30 bits per heavy atom. The number of rotatable bonds is 4. The van der Waals surface area contributed by atoms with E-state index in [2.05, 4.69) is 26.2 Å². The van der Waals surface area contributed by atoms with E-state index in [-0.39, 0.29) is 11.8 Å². The first-order valence-corrected chi connectivity index (χ1v) is 7.11. The van der Waals surface area contributed by atoms with Crippen LogP contribution < -0.4 is 11.1 Å². The van der Waals surface area contributed by atoms with Crippen LogP contribution in [-0.4, -0.2) is 10.9 Å². The monoisotopic (exact) mass is 333 g/mol. The molecule has 0 aliphatic heterocycles. The summed E-state index contributed by atoms with van der Waals surface area (Å²) in [6.07, 6.45) is 2.04. The number of pyridine rings is 1. The summed E-state index contributed by atoms with van der Waals surface area (Å²) in [5.74, 6) is 0.109. The van der Waals surface area contributed by atoms with Gasteiger partial charge in [-0.1, -0.05) is 19.1 Å². The highest BCUT2D eigenvalue weighted by molar-refractivity contribution is 9.10. The van der Waals surface area contributed by atoms with Crippen LogP contribution in [0.2, 0.25) is 0 Å². The number of amides is 1. The molecule has 1 aromatic heterocycles. The highest BCUT2D eigenvalue weighted by atomic mass is 79.9. The summed E-state index contributed by atoms with van der Waals surface area (Å²) in [5.41, 5.74) is 8.18. The first-order valence-electron chi connectivity index (χ1n) is 6.31. The first kappa shape index (κ1) is 14.5. The topological polar surface area (TPSA) is 68.0 Å². The molecule has 0 saturated heterocycles. The van der Waals surface area contributed by atoms with E-state index >= 15 is 0 Å². The summed E-state index contributed by atoms with van der Waals surface area (Å²) in [4.78, 5) is 16.0. The van der Waals surface area contributed by atoms with Gasteiger partial charge in [0.15, 0.2) is 0 Å². The Labute approximate surface area is 126 Å². The van der Waals surface area contributed by atoms with E-state index in [0.29, 0.717) is 12.1 Å². The highest BCUT2D eigenvalue weighted by Gasteiger charge is 2.11. The zero-order valence-corrected chi connectivity index (χ0v) is 12.7. The number of nitrogens with zero attached hydrogens (tertiary/aromatic N) is 1. The number of halogens is 1. The van der Waals surface area contributed by atoms with Crippen LogP contribution in [0.3, 0.4) is 0 Å². The normalized spacial score (nSPS) is 11.9. The maximum absolute atomic E-state index is 12.0. The molecular weight excluding hydrogens is 318 g/mol. The molecule has 0 aliphatic carbocycles. The van der Waals surface area contributed by atoms with Crippen molar-refractivity contribution in [2.45, 2.75) is 19.3 Å². The summed E-state index contributed by atoms with van der Waals surface area (Å²) in [6.45, 7) is 2.02. The third-order valence-corrected chi connectivity index (χ3v) is 3.48. The van der Waals surface area contributed by atoms with E-state index in [9.17, 15) is 4.79 Å². The van der Waals surface area contributed by atoms with Gasteiger partial charge in [0.2, 0.25) is 5.91 Å². The van der Waals surface area contributed by atoms with Crippen LogP contribution >= 0.6 is 15.9 Å². The maximum Gasteiger partial charge on any atom is 0.225 e. The second kappa shape index (κ2) is 6.52. The lowest BCUT2D eigenvalue weighted by molar-refractivity contribution is -0.116. The van der Waals surface area contributed by atoms with Crippen LogP contribution in [0.15, 0.2) is 47.2 Å². The number of benzene rings is 1. The molecule has 104 valence electrons. The van der Waals surface area contributed by atoms with Crippen molar-refractivity contribution in [1.29, 1.82) is 0 Å². The number of carbonyl (C=O) groups is 1. The minimum Gasteiger partial charge on any atom is -0.399 e. The van der Waals surface area contributed by atoms with Crippen LogP contribution in [0.5, 0.6) is 0 Å². The second-order valence-electron chi connectivity index (χ2n) is 4.69. The Kier molecular flexibility index (Phi) is 4.74. The Balaban J connectivity index is 1.93. The van der Waals surface area contributed by atoms with Gasteiger partial charge in [-0.15, -0.1) is 0 Å². The molecule has 1 amide bonds. The van der Waals surface area contributed by atoms with Gasteiger partial charge < -0.3 is 11.1 Å². The summed E-state index contributed by atoms with van der Waals surface area (Å²) >= 11 is 3.25. The van der Waals surface area contributed by atoms with Gasteiger partial charge in [-0.3, -0.25) is 4.79 Å². The average molecular weight is 334 g/mol. The zero-order chi connectivity index (χ0) is 14.5. The van der Waals surface area contributed by atoms with E-state index < -0.39 is 0 Å². The molecule has 1 aromatic carbocycles. The van der Waals surface area contributed by atoms with Crippen molar-refractivity contribution in [3.63, 3.8) is 0 Å². The van der Waals surface area contributed by atoms with Crippen molar-refractivity contribution >= 4 is 33.2 Å². The quantitative estimate of drug-likeness (QED) is 0.664. The van der Waals surface area contributed by atoms with Crippen LogP contribution in [-0.2, 0) is 4.79 Å². The number of hydrogen-bond acceptors (Lipinski definition) is 3. The number of carbonyl (C=O) groups excluding carboxylic acids is 1. The minimum absolute atomic E-state index is 0.0292. The predicted molar refractivity (Wildman–Crippen MR) is 84.5 cm³/mol. The van der Waals surface area contributed by atoms with Gasteiger partial charge in [-0.2, -0.15) is 0 Å². The lowest BCUT2D eigenvalue weighted by Crippen LogP contribution is -2.14. The number of nitrogens with one attached hydrogen (secondary N) is 1. The van der Waals surface area contributed by atoms with E-state index in [1.54, 1.807) is 12.3 Å². The first-order chi connectivity index (χ1) is 9.54. The fourth-order valence-corrected chi connectivity index (χ4v) is 2.12. The molecule has 1 atom stereocenters. The van der Waals surface area contributed by atoms with Crippen LogP contribution in [0.25, 0.3) is 0 Å². The lowest BCUT2D eigenvalue weighted by atomic mass is 9.97. The van der Waals surface area contributed by atoms with E-state index in [4.69, 9.17) is 5.73 Å². The second-order valence-corrected chi connectivity index (χ2v) is 5.50. The molecular formula is C15H16BrN3O. The largest absolute Gasteiger partial charge is 0.399 e. The molecule has 0 radical (unpaired) electrons. The van der Waals surface area contributed by atoms with Crippen molar-refractivity contribution < 1.29 is 4.79 Å². The van der Waals surface area contributed by atoms with Crippen molar-refractivity contribution in [3.8, 4) is 0 Å². The molecule has 0 fully saturated rings. The summed E-state index contributed by atoms with van der Waals surface area (Å²) in [7, 11) is 0. The van der Waals surface area contributed by atoms with Crippen molar-refractivity contribution in [2.75, 3.05) is 11.1 Å². The van der Waals surface area contributed by atoms with E-state index in [0.717, 1.165) is 15.9 Å². The Bertz CT molecular complexity index is 581. The minimum atomic E-state index is -0.0292. The highest BCUT2D eigenvalue weighted by Crippen LogP contribution is 2.21. The Hall–Kier alpha value is -1.88. The maximum atomic E-state index is 12.0. The summed E-state index contributed by atoms with van der Waals surface area (Å²) in [5, 5.41) is 2.83. The molecule has 0 saturated carbocycles. The van der Waals surface area contributed by atoms with Crippen LogP contribution in [0.1, 0.15) is 24.8 Å². The number of hydrogen-bond donors (Lipinski definition) is 2. The number of anilines is 2. The van der Waals surface area contributed by atoms with Gasteiger partial charge in [0.25, 0.3) is 0 Å². The molecule has 1 heterocycles. The number of nitrogen functional groups attached to an aromatic ring is 1. The van der Waals surface area contributed by atoms with Gasteiger partial charge in [-0.05, 0) is 51.7 Å². The van der Waals surface area contributed by atoms with Crippen LogP contribution in [0, 0.1) is 0 Å². The molecule has 2 rings (SSSR count). The molecule has 0 bridgehead atoms. The molecule has 1 unspecified atom stereocenters. The summed E-state index contributed by atoms with van der Waals surface area (Å²) in [6, 6.07) is 11.2. The number of nitrogens with two attached hydrogens (primary N) is 1. The van der Waals surface area contributed by atoms with Crippen LogP contribution in [0.4, 0.5) is 11.4 Å². The van der Waals surface area contributed by atoms with Crippen molar-refractivity contribution in [2.24, 2.45) is 0 Å². The molecule has 0 spiro atoms. The molecule has 2 aromatic rings. The molecule has 20 heavy (non-hydrogen) atoms. The Morgan fingerprint density at radius 2 is 2.00 bits per heavy atom. The third kappa shape index (κ3) is 4.06. The third-order valence-electron chi connectivity index (χ3n) is 3.01. The van der Waals surface area contributed by atoms with Gasteiger partial charge in [-0.25, -0.2) is 4.98 Å². The Morgan fingerprint density at radius 3 is 2.60 bits per heavy atom. The van der Waals surface area contributed by atoms with E-state index in [1.165, 1.54) is 0 Å². The van der Waals surface area contributed by atoms with Crippen molar-refractivity contribution in [3.05, 3.63) is 52.8 Å². The molecule has 3 N–H and O–H groups in total. The summed E-state index contributed by atoms with van der Waals surface area (Å²) < 4.78 is 0.741. The molecule has 4 nitrogen and oxygen atoms in total. The molecule has 5 heteroatoms. The fraction of sp³-hybridized carbons (Fsp3) is 0.200. The van der Waals surface area contributed by atoms with Crippen molar-refractivity contribution in [1.82, 2.24) is 4.98 Å². The smallest absolute Gasteiger partial charge is 0.225 e. The standard InChI is InChI=1S/C15H16BrN3O/c1-10(11-2-4-12(17)5-3-11)8-15(20)19-13-6-7-14(16)18-9-13/h2-7,9-10H,8,17H2,1H3,(H,19,20). The fourth-order valence-electron chi connectivity index (χ4n) is 1.88. The van der Waals surface area contributed by atoms with Gasteiger partial charge in [0.1, 0.15) is 4.60 Å². The number of aromatic nitrogens is 1. The van der Waals surface area contributed by atoms with Gasteiger partial charge in [0.05, 0.1) is 11.9 Å². The lowest BCUT2D eigenvalue weighted by Gasteiger charge is -2.12. The van der Waals surface area contributed by atoms with E-state index in [1.807, 2.05) is 37.3 Å².